The Balaban J connectivity index is 2.36. The van der Waals surface area contributed by atoms with Gasteiger partial charge in [-0.2, -0.15) is 0 Å². The van der Waals surface area contributed by atoms with Gasteiger partial charge in [0.15, 0.2) is 0 Å². The average molecular weight is 243 g/mol. The molecule has 0 radical (unpaired) electrons. The van der Waals surface area contributed by atoms with Crippen molar-refractivity contribution in [3.8, 4) is 0 Å². The molecular weight excluding hydrogens is 222 g/mol. The van der Waals surface area contributed by atoms with Crippen LogP contribution >= 0.6 is 0 Å². The molecule has 96 valence electrons. The minimum Gasteiger partial charge on any atom is -0.355 e. The Kier molecular flexibility index (Phi) is 4.53. The average Bonchev–Trinajstić information content (AvgIpc) is 2.43. The molecule has 0 fully saturated rings. The van der Waals surface area contributed by atoms with Crippen LogP contribution in [0.5, 0.6) is 0 Å². The lowest BCUT2D eigenvalue weighted by atomic mass is 10.1. The van der Waals surface area contributed by atoms with E-state index in [2.05, 4.69) is 52.5 Å². The first-order valence-corrected chi connectivity index (χ1v) is 6.60. The highest BCUT2D eigenvalue weighted by Crippen LogP contribution is 2.23. The van der Waals surface area contributed by atoms with Gasteiger partial charge in [-0.1, -0.05) is 31.2 Å². The van der Waals surface area contributed by atoms with Gasteiger partial charge < -0.3 is 10.2 Å². The molecule has 0 amide bonds. The summed E-state index contributed by atoms with van der Waals surface area (Å²) in [7, 11) is 1.99. The molecule has 2 rings (SSSR count). The number of anilines is 1. The normalized spacial score (nSPS) is 10.8. The molecule has 1 N–H and O–H groups in total. The molecule has 0 aliphatic rings. The van der Waals surface area contributed by atoms with Gasteiger partial charge in [-0.3, -0.25) is 0 Å². The number of fused-ring (bicyclic) bond motifs is 1. The summed E-state index contributed by atoms with van der Waals surface area (Å²) in [5.74, 6) is 1.10. The monoisotopic (exact) mass is 243 g/mol. The lowest BCUT2D eigenvalue weighted by molar-refractivity contribution is 0.705. The molecule has 18 heavy (non-hydrogen) atoms. The Morgan fingerprint density at radius 3 is 2.78 bits per heavy atom. The lowest BCUT2D eigenvalue weighted by Gasteiger charge is -2.24. The van der Waals surface area contributed by atoms with Gasteiger partial charge in [0.05, 0.1) is 0 Å². The van der Waals surface area contributed by atoms with Crippen molar-refractivity contribution < 1.29 is 0 Å². The van der Waals surface area contributed by atoms with Crippen LogP contribution in [0.4, 0.5) is 5.82 Å². The van der Waals surface area contributed by atoms with Crippen LogP contribution in [0, 0.1) is 0 Å². The maximum Gasteiger partial charge on any atom is 0.136 e. The van der Waals surface area contributed by atoms with E-state index in [0.29, 0.717) is 0 Å². The van der Waals surface area contributed by atoms with Crippen LogP contribution in [-0.2, 0) is 0 Å². The summed E-state index contributed by atoms with van der Waals surface area (Å²) >= 11 is 0. The number of aromatic nitrogens is 1. The fraction of sp³-hybridized carbons (Fsp3) is 0.400. The van der Waals surface area contributed by atoms with E-state index in [1.165, 1.54) is 10.8 Å². The Labute approximate surface area is 109 Å². The summed E-state index contributed by atoms with van der Waals surface area (Å²) in [6.07, 6.45) is 3.04. The summed E-state index contributed by atoms with van der Waals surface area (Å²) in [6.45, 7) is 5.22. The molecule has 1 aromatic carbocycles. The largest absolute Gasteiger partial charge is 0.355 e. The van der Waals surface area contributed by atoms with Crippen molar-refractivity contribution in [1.29, 1.82) is 0 Å². The summed E-state index contributed by atoms with van der Waals surface area (Å²) in [5.41, 5.74) is 0. The van der Waals surface area contributed by atoms with E-state index >= 15 is 0 Å². The van der Waals surface area contributed by atoms with E-state index in [4.69, 9.17) is 0 Å². The third-order valence-electron chi connectivity index (χ3n) is 3.08. The predicted octanol–water partition coefficient (Wildman–Crippen LogP) is 2.67. The highest BCUT2D eigenvalue weighted by Gasteiger charge is 2.09. The number of rotatable bonds is 6. The summed E-state index contributed by atoms with van der Waals surface area (Å²) < 4.78 is 0. The second-order valence-electron chi connectivity index (χ2n) is 4.45. The lowest BCUT2D eigenvalue weighted by Crippen LogP contribution is -2.32. The Morgan fingerprint density at radius 1 is 1.17 bits per heavy atom. The molecule has 0 spiro atoms. The third kappa shape index (κ3) is 2.79. The van der Waals surface area contributed by atoms with Gasteiger partial charge in [-0.05, 0) is 24.9 Å². The zero-order valence-corrected chi connectivity index (χ0v) is 11.2. The highest BCUT2D eigenvalue weighted by atomic mass is 15.2. The van der Waals surface area contributed by atoms with Crippen molar-refractivity contribution in [2.75, 3.05) is 31.6 Å². The summed E-state index contributed by atoms with van der Waals surface area (Å²) in [5, 5.41) is 5.70. The number of benzene rings is 1. The number of nitrogens with one attached hydrogen (secondary N) is 1. The van der Waals surface area contributed by atoms with Gasteiger partial charge in [0, 0.05) is 31.2 Å². The minimum absolute atomic E-state index is 0.977. The highest BCUT2D eigenvalue weighted by molar-refractivity contribution is 5.92. The maximum absolute atomic E-state index is 4.58. The SMILES string of the molecule is CCCN(CCNC)c1nccc2ccccc12. The zero-order chi connectivity index (χ0) is 12.8. The standard InChI is InChI=1S/C15H21N3/c1-3-11-18(12-10-16-2)15-14-7-5-4-6-13(14)8-9-17-15/h4-9,16H,3,10-12H2,1-2H3. The molecule has 0 bridgehead atoms. The van der Waals surface area contributed by atoms with Crippen molar-refractivity contribution >= 4 is 16.6 Å². The van der Waals surface area contributed by atoms with Crippen LogP contribution in [0.3, 0.4) is 0 Å². The second-order valence-corrected chi connectivity index (χ2v) is 4.45. The minimum atomic E-state index is 0.977. The van der Waals surface area contributed by atoms with Gasteiger partial charge in [-0.15, -0.1) is 0 Å². The first kappa shape index (κ1) is 12.8. The van der Waals surface area contributed by atoms with Crippen LogP contribution in [0.2, 0.25) is 0 Å². The number of nitrogens with zero attached hydrogens (tertiary/aromatic N) is 2. The van der Waals surface area contributed by atoms with E-state index in [1.807, 2.05) is 13.2 Å². The summed E-state index contributed by atoms with van der Waals surface area (Å²) in [4.78, 5) is 6.94. The van der Waals surface area contributed by atoms with E-state index < -0.39 is 0 Å². The Morgan fingerprint density at radius 2 is 2.00 bits per heavy atom. The number of hydrogen-bond acceptors (Lipinski definition) is 3. The maximum atomic E-state index is 4.58. The van der Waals surface area contributed by atoms with Gasteiger partial charge in [0.25, 0.3) is 0 Å². The van der Waals surface area contributed by atoms with E-state index in [0.717, 1.165) is 31.9 Å². The van der Waals surface area contributed by atoms with E-state index in [9.17, 15) is 0 Å². The van der Waals surface area contributed by atoms with E-state index in [-0.39, 0.29) is 0 Å². The number of likely N-dealkylation sites (N-methyl/N-ethyl adjacent to an activating group) is 1. The van der Waals surface area contributed by atoms with Crippen LogP contribution < -0.4 is 10.2 Å². The molecule has 0 unspecified atom stereocenters. The van der Waals surface area contributed by atoms with Crippen LogP contribution in [0.1, 0.15) is 13.3 Å². The molecule has 2 aromatic rings. The first-order valence-electron chi connectivity index (χ1n) is 6.60. The van der Waals surface area contributed by atoms with Crippen molar-refractivity contribution in [3.05, 3.63) is 36.5 Å². The smallest absolute Gasteiger partial charge is 0.136 e. The van der Waals surface area contributed by atoms with Crippen molar-refractivity contribution in [3.63, 3.8) is 0 Å². The molecule has 0 atom stereocenters. The summed E-state index contributed by atoms with van der Waals surface area (Å²) in [6, 6.07) is 10.5. The molecule has 0 aliphatic carbocycles. The third-order valence-corrected chi connectivity index (χ3v) is 3.08. The topological polar surface area (TPSA) is 28.2 Å². The number of hydrogen-bond donors (Lipinski definition) is 1. The second kappa shape index (κ2) is 6.36. The molecule has 0 saturated carbocycles. The first-order chi connectivity index (χ1) is 8.86. The van der Waals surface area contributed by atoms with E-state index in [1.54, 1.807) is 0 Å². The fourth-order valence-electron chi connectivity index (χ4n) is 2.20. The van der Waals surface area contributed by atoms with Gasteiger partial charge in [0.1, 0.15) is 5.82 Å². The zero-order valence-electron chi connectivity index (χ0n) is 11.2. The van der Waals surface area contributed by atoms with Crippen molar-refractivity contribution in [2.45, 2.75) is 13.3 Å². The quantitative estimate of drug-likeness (QED) is 0.845. The van der Waals surface area contributed by atoms with Crippen LogP contribution in [-0.4, -0.2) is 31.7 Å². The molecular formula is C15H21N3. The van der Waals surface area contributed by atoms with Gasteiger partial charge in [0.2, 0.25) is 0 Å². The van der Waals surface area contributed by atoms with Crippen molar-refractivity contribution in [2.24, 2.45) is 0 Å². The molecule has 3 nitrogen and oxygen atoms in total. The Hall–Kier alpha value is -1.61. The molecule has 3 heteroatoms. The molecule has 0 saturated heterocycles. The van der Waals surface area contributed by atoms with Gasteiger partial charge in [-0.25, -0.2) is 4.98 Å². The van der Waals surface area contributed by atoms with Crippen molar-refractivity contribution in [1.82, 2.24) is 10.3 Å². The Bertz CT molecular complexity index is 491. The van der Waals surface area contributed by atoms with Crippen LogP contribution in [0.15, 0.2) is 36.5 Å². The van der Waals surface area contributed by atoms with Crippen LogP contribution in [0.25, 0.3) is 10.8 Å². The number of pyridine rings is 1. The molecule has 1 heterocycles. The molecule has 1 aromatic heterocycles. The molecule has 0 aliphatic heterocycles. The van der Waals surface area contributed by atoms with Gasteiger partial charge >= 0.3 is 0 Å². The fourth-order valence-corrected chi connectivity index (χ4v) is 2.20. The predicted molar refractivity (Wildman–Crippen MR) is 78.2 cm³/mol.